The molecular weight excluding hydrogens is 439 g/mol. The number of amides is 2. The number of fused-ring (bicyclic) bond motifs is 1. The number of aryl methyl sites for hydroxylation is 1. The van der Waals surface area contributed by atoms with Crippen molar-refractivity contribution in [3.63, 3.8) is 0 Å². The van der Waals surface area contributed by atoms with Crippen LogP contribution in [0.25, 0.3) is 10.2 Å². The monoisotopic (exact) mass is 455 g/mol. The maximum Gasteiger partial charge on any atom is 0.433 e. The van der Waals surface area contributed by atoms with E-state index in [0.29, 0.717) is 46.9 Å². The van der Waals surface area contributed by atoms with Gasteiger partial charge < -0.3 is 10.2 Å². The second-order valence-corrected chi connectivity index (χ2v) is 8.74. The van der Waals surface area contributed by atoms with Crippen molar-refractivity contribution in [3.05, 3.63) is 33.8 Å². The smallest absolute Gasteiger partial charge is 0.338 e. The molecule has 7 nitrogen and oxygen atoms in total. The third-order valence-corrected chi connectivity index (χ3v) is 6.83. The molecule has 4 heterocycles. The molecular formula is C18H16F3N5O2S2. The number of aromatic nitrogens is 3. The molecule has 12 heteroatoms. The van der Waals surface area contributed by atoms with Crippen LogP contribution in [0.3, 0.4) is 0 Å². The number of hydrogen-bond acceptors (Lipinski definition) is 7. The largest absolute Gasteiger partial charge is 0.433 e. The van der Waals surface area contributed by atoms with Gasteiger partial charge in [0.2, 0.25) is 11.0 Å². The molecule has 158 valence electrons. The Kier molecular flexibility index (Phi) is 5.45. The number of nitrogens with one attached hydrogen (secondary N) is 1. The van der Waals surface area contributed by atoms with Crippen LogP contribution in [0.1, 0.15) is 33.8 Å². The highest BCUT2D eigenvalue weighted by atomic mass is 32.1. The number of anilines is 1. The standard InChI is InChI=1S/C18H16F3N5O2S2/c1-9-11-2-3-12(18(19,20)21)23-15(11)30-13(9)16(28)26-6-4-10(5-7-26)14(27)24-17-25-22-8-29-17/h2-3,8,10H,4-7H2,1H3,(H,24,25,27). The number of carbonyl (C=O) groups excluding carboxylic acids is 2. The molecule has 30 heavy (non-hydrogen) atoms. The number of rotatable bonds is 3. The Hall–Kier alpha value is -2.60. The minimum Gasteiger partial charge on any atom is -0.338 e. The summed E-state index contributed by atoms with van der Waals surface area (Å²) in [5.74, 6) is -0.634. The van der Waals surface area contributed by atoms with Gasteiger partial charge in [0.25, 0.3) is 5.91 Å². The third-order valence-electron chi connectivity index (χ3n) is 5.03. The molecule has 3 aromatic rings. The van der Waals surface area contributed by atoms with Gasteiger partial charge in [-0.2, -0.15) is 13.2 Å². The summed E-state index contributed by atoms with van der Waals surface area (Å²) in [5, 5.41) is 11.1. The first-order chi connectivity index (χ1) is 14.2. The molecule has 0 saturated carbocycles. The van der Waals surface area contributed by atoms with Gasteiger partial charge in [0, 0.05) is 24.4 Å². The summed E-state index contributed by atoms with van der Waals surface area (Å²) in [5.41, 5.74) is 1.17. The van der Waals surface area contributed by atoms with Crippen LogP contribution in [0.2, 0.25) is 0 Å². The zero-order valence-corrected chi connectivity index (χ0v) is 17.3. The Morgan fingerprint density at radius 2 is 1.97 bits per heavy atom. The predicted molar refractivity (Wildman–Crippen MR) is 107 cm³/mol. The number of pyridine rings is 1. The quantitative estimate of drug-likeness (QED) is 0.646. The van der Waals surface area contributed by atoms with Gasteiger partial charge in [-0.05, 0) is 37.5 Å². The number of piperidine rings is 1. The Bertz CT molecular complexity index is 1090. The summed E-state index contributed by atoms with van der Waals surface area (Å²) in [6, 6.07) is 2.29. The fraction of sp³-hybridized carbons (Fsp3) is 0.389. The Labute approximate surface area is 176 Å². The highest BCUT2D eigenvalue weighted by Crippen LogP contribution is 2.35. The van der Waals surface area contributed by atoms with Crippen molar-refractivity contribution in [2.75, 3.05) is 18.4 Å². The van der Waals surface area contributed by atoms with Crippen molar-refractivity contribution in [2.24, 2.45) is 5.92 Å². The highest BCUT2D eigenvalue weighted by Gasteiger charge is 2.34. The van der Waals surface area contributed by atoms with Gasteiger partial charge in [-0.15, -0.1) is 21.5 Å². The lowest BCUT2D eigenvalue weighted by molar-refractivity contribution is -0.140. The van der Waals surface area contributed by atoms with E-state index in [9.17, 15) is 22.8 Å². The molecule has 4 rings (SSSR count). The number of carbonyl (C=O) groups is 2. The van der Waals surface area contributed by atoms with Crippen LogP contribution in [-0.2, 0) is 11.0 Å². The SMILES string of the molecule is Cc1c(C(=O)N2CCC(C(=O)Nc3nncs3)CC2)sc2nc(C(F)(F)F)ccc12. The Balaban J connectivity index is 1.45. The number of halogens is 3. The number of nitrogens with zero attached hydrogens (tertiary/aromatic N) is 4. The van der Waals surface area contributed by atoms with Gasteiger partial charge in [0.1, 0.15) is 16.0 Å². The molecule has 1 saturated heterocycles. The molecule has 0 spiro atoms. The molecule has 0 bridgehead atoms. The van der Waals surface area contributed by atoms with E-state index in [1.54, 1.807) is 11.8 Å². The van der Waals surface area contributed by atoms with E-state index in [0.717, 1.165) is 17.4 Å². The molecule has 2 amide bonds. The number of likely N-dealkylation sites (tertiary alicyclic amines) is 1. The van der Waals surface area contributed by atoms with E-state index in [-0.39, 0.29) is 22.6 Å². The van der Waals surface area contributed by atoms with Crippen LogP contribution in [0.15, 0.2) is 17.6 Å². The summed E-state index contributed by atoms with van der Waals surface area (Å²) in [6.45, 7) is 2.49. The molecule has 1 N–H and O–H groups in total. The molecule has 0 unspecified atom stereocenters. The van der Waals surface area contributed by atoms with Crippen LogP contribution in [0.4, 0.5) is 18.3 Å². The van der Waals surface area contributed by atoms with E-state index in [1.807, 2.05) is 0 Å². The molecule has 0 aliphatic carbocycles. The van der Waals surface area contributed by atoms with Gasteiger partial charge in [-0.1, -0.05) is 11.3 Å². The van der Waals surface area contributed by atoms with E-state index in [1.165, 1.54) is 22.9 Å². The molecule has 0 radical (unpaired) electrons. The minimum absolute atomic E-state index is 0.152. The third kappa shape index (κ3) is 4.01. The average molecular weight is 455 g/mol. The Morgan fingerprint density at radius 1 is 1.23 bits per heavy atom. The van der Waals surface area contributed by atoms with Gasteiger partial charge in [-0.3, -0.25) is 9.59 Å². The van der Waals surface area contributed by atoms with Crippen molar-refractivity contribution in [1.29, 1.82) is 0 Å². The van der Waals surface area contributed by atoms with E-state index >= 15 is 0 Å². The van der Waals surface area contributed by atoms with Crippen molar-refractivity contribution in [2.45, 2.75) is 25.9 Å². The average Bonchev–Trinajstić information content (AvgIpc) is 3.34. The van der Waals surface area contributed by atoms with Gasteiger partial charge in [0.15, 0.2) is 0 Å². The lowest BCUT2D eigenvalue weighted by Gasteiger charge is -2.31. The molecule has 1 aliphatic rings. The summed E-state index contributed by atoms with van der Waals surface area (Å²) in [4.78, 5) is 31.2. The first kappa shape index (κ1) is 20.7. The summed E-state index contributed by atoms with van der Waals surface area (Å²) in [7, 11) is 0. The highest BCUT2D eigenvalue weighted by molar-refractivity contribution is 7.20. The second-order valence-electron chi connectivity index (χ2n) is 6.90. The summed E-state index contributed by atoms with van der Waals surface area (Å²) < 4.78 is 38.8. The van der Waals surface area contributed by atoms with Crippen LogP contribution < -0.4 is 5.32 Å². The topological polar surface area (TPSA) is 88.1 Å². The van der Waals surface area contributed by atoms with Gasteiger partial charge >= 0.3 is 6.18 Å². The van der Waals surface area contributed by atoms with Crippen molar-refractivity contribution >= 4 is 49.8 Å². The molecule has 0 atom stereocenters. The lowest BCUT2D eigenvalue weighted by Crippen LogP contribution is -2.41. The van der Waals surface area contributed by atoms with Crippen LogP contribution in [-0.4, -0.2) is 45.0 Å². The molecule has 1 fully saturated rings. The molecule has 3 aromatic heterocycles. The fourth-order valence-corrected chi connectivity index (χ4v) is 4.98. The van der Waals surface area contributed by atoms with E-state index < -0.39 is 11.9 Å². The van der Waals surface area contributed by atoms with Gasteiger partial charge in [-0.25, -0.2) is 4.98 Å². The summed E-state index contributed by atoms with van der Waals surface area (Å²) >= 11 is 2.20. The maximum absolute atomic E-state index is 13.0. The lowest BCUT2D eigenvalue weighted by atomic mass is 9.95. The van der Waals surface area contributed by atoms with Crippen LogP contribution in [0.5, 0.6) is 0 Å². The number of hydrogen-bond donors (Lipinski definition) is 1. The van der Waals surface area contributed by atoms with E-state index in [4.69, 9.17) is 0 Å². The normalized spacial score (nSPS) is 15.5. The second kappa shape index (κ2) is 7.91. The predicted octanol–water partition coefficient (Wildman–Crippen LogP) is 3.97. The fourth-order valence-electron chi connectivity index (χ4n) is 3.38. The van der Waals surface area contributed by atoms with Crippen LogP contribution in [0, 0.1) is 12.8 Å². The number of alkyl halides is 3. The Morgan fingerprint density at radius 3 is 2.60 bits per heavy atom. The molecule has 0 aromatic carbocycles. The molecule has 1 aliphatic heterocycles. The minimum atomic E-state index is -4.53. The number of thiophene rings is 1. The first-order valence-electron chi connectivity index (χ1n) is 9.07. The van der Waals surface area contributed by atoms with Crippen molar-refractivity contribution in [1.82, 2.24) is 20.1 Å². The zero-order chi connectivity index (χ0) is 21.5. The first-order valence-corrected chi connectivity index (χ1v) is 10.8. The van der Waals surface area contributed by atoms with Crippen molar-refractivity contribution < 1.29 is 22.8 Å². The van der Waals surface area contributed by atoms with Gasteiger partial charge in [0.05, 0.1) is 4.88 Å². The van der Waals surface area contributed by atoms with Crippen molar-refractivity contribution in [3.8, 4) is 0 Å². The summed E-state index contributed by atoms with van der Waals surface area (Å²) in [6.07, 6.45) is -3.54. The zero-order valence-electron chi connectivity index (χ0n) is 15.7. The maximum atomic E-state index is 13.0. The van der Waals surface area contributed by atoms with E-state index in [2.05, 4.69) is 20.5 Å². The van der Waals surface area contributed by atoms with Crippen LogP contribution >= 0.6 is 22.7 Å².